The van der Waals surface area contributed by atoms with E-state index in [1.807, 2.05) is 0 Å². The summed E-state index contributed by atoms with van der Waals surface area (Å²) in [5.41, 5.74) is -1.27. The van der Waals surface area contributed by atoms with Gasteiger partial charge in [-0.05, 0) is 73.5 Å². The van der Waals surface area contributed by atoms with Crippen LogP contribution in [-0.2, 0) is 11.6 Å². The predicted molar refractivity (Wildman–Crippen MR) is 138 cm³/mol. The molecule has 5 heteroatoms. The van der Waals surface area contributed by atoms with Crippen molar-refractivity contribution in [1.29, 1.82) is 0 Å². The van der Waals surface area contributed by atoms with Gasteiger partial charge in [0.05, 0.1) is 0 Å². The molecule has 0 aliphatic heterocycles. The molecule has 0 saturated heterocycles. The first-order valence-electron chi connectivity index (χ1n) is 14.8. The van der Waals surface area contributed by atoms with Gasteiger partial charge in [-0.3, -0.25) is 0 Å². The SMILES string of the molecule is CCCCCCCCC1(CCCCC2(c3cc(F)c(C(F)(F)F)c(F)c3)CCCCC2)CCCCC1. The van der Waals surface area contributed by atoms with Gasteiger partial charge in [-0.1, -0.05) is 96.8 Å². The maximum atomic E-state index is 14.5. The highest BCUT2D eigenvalue weighted by Crippen LogP contribution is 2.48. The zero-order valence-electron chi connectivity index (χ0n) is 22.4. The van der Waals surface area contributed by atoms with Crippen molar-refractivity contribution in [1.82, 2.24) is 0 Å². The van der Waals surface area contributed by atoms with Gasteiger partial charge in [-0.2, -0.15) is 13.2 Å². The summed E-state index contributed by atoms with van der Waals surface area (Å²) >= 11 is 0. The molecule has 2 aliphatic rings. The summed E-state index contributed by atoms with van der Waals surface area (Å²) in [6.07, 6.45) is 19.6. The van der Waals surface area contributed by atoms with E-state index < -0.39 is 28.8 Å². The predicted octanol–water partition coefficient (Wildman–Crippen LogP) is 11.4. The molecule has 0 amide bonds. The second-order valence-electron chi connectivity index (χ2n) is 11.9. The Bertz CT molecular complexity index is 762. The summed E-state index contributed by atoms with van der Waals surface area (Å²) in [4.78, 5) is 0. The number of rotatable bonds is 13. The summed E-state index contributed by atoms with van der Waals surface area (Å²) in [5, 5.41) is 0. The van der Waals surface area contributed by atoms with Crippen molar-refractivity contribution in [3.8, 4) is 0 Å². The Kier molecular flexibility index (Phi) is 11.1. The minimum absolute atomic E-state index is 0.400. The average molecular weight is 515 g/mol. The standard InChI is InChI=1S/C31H47F5/c1-2-3-4-5-6-9-16-29(17-10-7-11-18-29)19-14-15-22-30(20-12-8-13-21-30)25-23-26(32)28(27(33)24-25)31(34,35)36/h23-24H,2-22H2,1H3. The number of halogens is 5. The number of unbranched alkanes of at least 4 members (excludes halogenated alkanes) is 6. The van der Waals surface area contributed by atoms with Crippen molar-refractivity contribution in [2.24, 2.45) is 5.41 Å². The van der Waals surface area contributed by atoms with Crippen LogP contribution >= 0.6 is 0 Å². The highest BCUT2D eigenvalue weighted by atomic mass is 19.4. The van der Waals surface area contributed by atoms with Crippen molar-refractivity contribution in [3.63, 3.8) is 0 Å². The molecule has 0 radical (unpaired) electrons. The Hall–Kier alpha value is -1.13. The molecule has 0 nitrogen and oxygen atoms in total. The number of benzene rings is 1. The first-order valence-corrected chi connectivity index (χ1v) is 14.8. The van der Waals surface area contributed by atoms with E-state index in [0.29, 0.717) is 11.0 Å². The second kappa shape index (κ2) is 13.6. The van der Waals surface area contributed by atoms with E-state index >= 15 is 0 Å². The summed E-state index contributed by atoms with van der Waals surface area (Å²) < 4.78 is 68.3. The summed E-state index contributed by atoms with van der Waals surface area (Å²) in [7, 11) is 0. The lowest BCUT2D eigenvalue weighted by Gasteiger charge is -2.40. The molecule has 0 bridgehead atoms. The highest BCUT2D eigenvalue weighted by Gasteiger charge is 2.41. The van der Waals surface area contributed by atoms with Crippen LogP contribution in [0.4, 0.5) is 22.0 Å². The Morgan fingerprint density at radius 1 is 0.639 bits per heavy atom. The van der Waals surface area contributed by atoms with Crippen LogP contribution in [0.15, 0.2) is 12.1 Å². The van der Waals surface area contributed by atoms with Gasteiger partial charge < -0.3 is 0 Å². The van der Waals surface area contributed by atoms with Gasteiger partial charge in [-0.15, -0.1) is 0 Å². The molecule has 0 atom stereocenters. The van der Waals surface area contributed by atoms with Crippen molar-refractivity contribution >= 4 is 0 Å². The third kappa shape index (κ3) is 7.93. The van der Waals surface area contributed by atoms with E-state index in [4.69, 9.17) is 0 Å². The van der Waals surface area contributed by atoms with Crippen LogP contribution in [0.5, 0.6) is 0 Å². The van der Waals surface area contributed by atoms with Gasteiger partial charge in [0, 0.05) is 0 Å². The minimum Gasteiger partial charge on any atom is -0.206 e. The molecule has 1 aromatic carbocycles. The van der Waals surface area contributed by atoms with E-state index in [9.17, 15) is 22.0 Å². The molecule has 0 unspecified atom stereocenters. The van der Waals surface area contributed by atoms with E-state index in [-0.39, 0.29) is 0 Å². The highest BCUT2D eigenvalue weighted by molar-refractivity contribution is 5.34. The molecule has 206 valence electrons. The van der Waals surface area contributed by atoms with E-state index in [2.05, 4.69) is 6.92 Å². The fourth-order valence-electron chi connectivity index (χ4n) is 7.23. The number of hydrogen-bond acceptors (Lipinski definition) is 0. The van der Waals surface area contributed by atoms with E-state index in [1.54, 1.807) is 0 Å². The largest absolute Gasteiger partial charge is 0.422 e. The molecule has 0 N–H and O–H groups in total. The first-order chi connectivity index (χ1) is 17.2. The molecule has 0 heterocycles. The smallest absolute Gasteiger partial charge is 0.206 e. The minimum atomic E-state index is -5.02. The topological polar surface area (TPSA) is 0 Å². The zero-order chi connectivity index (χ0) is 26.1. The first kappa shape index (κ1) is 29.4. The molecular weight excluding hydrogens is 467 g/mol. The van der Waals surface area contributed by atoms with Gasteiger partial charge in [0.2, 0.25) is 0 Å². The summed E-state index contributed by atoms with van der Waals surface area (Å²) in [6, 6.07) is 1.97. The molecule has 0 spiro atoms. The normalized spacial score (nSPS) is 19.9. The molecule has 2 saturated carbocycles. The zero-order valence-corrected chi connectivity index (χ0v) is 22.4. The van der Waals surface area contributed by atoms with Crippen LogP contribution in [0.3, 0.4) is 0 Å². The van der Waals surface area contributed by atoms with Gasteiger partial charge in [0.15, 0.2) is 0 Å². The van der Waals surface area contributed by atoms with Crippen molar-refractivity contribution in [2.75, 3.05) is 0 Å². The fourth-order valence-corrected chi connectivity index (χ4v) is 7.23. The molecule has 2 fully saturated rings. The Balaban J connectivity index is 1.62. The summed E-state index contributed by atoms with van der Waals surface area (Å²) in [6.45, 7) is 2.25. The third-order valence-electron chi connectivity index (χ3n) is 9.34. The lowest BCUT2D eigenvalue weighted by molar-refractivity contribution is -0.142. The quantitative estimate of drug-likeness (QED) is 0.181. The van der Waals surface area contributed by atoms with Crippen LogP contribution in [0.25, 0.3) is 0 Å². The molecule has 0 aromatic heterocycles. The van der Waals surface area contributed by atoms with Gasteiger partial charge in [0.1, 0.15) is 17.2 Å². The van der Waals surface area contributed by atoms with E-state index in [0.717, 1.165) is 63.5 Å². The van der Waals surface area contributed by atoms with Crippen molar-refractivity contribution in [2.45, 2.75) is 153 Å². The number of hydrogen-bond donors (Lipinski definition) is 0. The Labute approximate surface area is 215 Å². The van der Waals surface area contributed by atoms with Crippen molar-refractivity contribution in [3.05, 3.63) is 34.9 Å². The van der Waals surface area contributed by atoms with Gasteiger partial charge in [-0.25, -0.2) is 8.78 Å². The maximum absolute atomic E-state index is 14.5. The van der Waals surface area contributed by atoms with Crippen LogP contribution in [0.2, 0.25) is 0 Å². The molecule has 2 aliphatic carbocycles. The van der Waals surface area contributed by atoms with Crippen molar-refractivity contribution < 1.29 is 22.0 Å². The molecule has 36 heavy (non-hydrogen) atoms. The lowest BCUT2D eigenvalue weighted by atomic mass is 9.65. The van der Waals surface area contributed by atoms with Crippen LogP contribution < -0.4 is 0 Å². The van der Waals surface area contributed by atoms with Crippen LogP contribution in [0.1, 0.15) is 153 Å². The van der Waals surface area contributed by atoms with Gasteiger partial charge in [0.25, 0.3) is 0 Å². The second-order valence-corrected chi connectivity index (χ2v) is 11.9. The molecule has 3 rings (SSSR count). The third-order valence-corrected chi connectivity index (χ3v) is 9.34. The average Bonchev–Trinajstić information content (AvgIpc) is 2.84. The van der Waals surface area contributed by atoms with E-state index in [1.165, 1.54) is 83.5 Å². The number of alkyl halides is 3. The molecular formula is C31H47F5. The maximum Gasteiger partial charge on any atom is 0.422 e. The fraction of sp³-hybridized carbons (Fsp3) is 0.806. The Morgan fingerprint density at radius 2 is 1.11 bits per heavy atom. The van der Waals surface area contributed by atoms with Gasteiger partial charge >= 0.3 is 6.18 Å². The Morgan fingerprint density at radius 3 is 1.67 bits per heavy atom. The van der Waals surface area contributed by atoms with Crippen LogP contribution in [-0.4, -0.2) is 0 Å². The lowest BCUT2D eigenvalue weighted by Crippen LogP contribution is -2.30. The monoisotopic (exact) mass is 514 g/mol. The van der Waals surface area contributed by atoms with Crippen LogP contribution in [0, 0.1) is 17.0 Å². The molecule has 1 aromatic rings. The summed E-state index contributed by atoms with van der Waals surface area (Å²) in [5.74, 6) is -2.94.